The van der Waals surface area contributed by atoms with Crippen molar-refractivity contribution in [3.63, 3.8) is 0 Å². The molecule has 1 N–H and O–H groups in total. The molecule has 4 nitrogen and oxygen atoms in total. The number of methoxy groups -OCH3 is 1. The Labute approximate surface area is 152 Å². The first kappa shape index (κ1) is 16.1. The number of anilines is 2. The number of aryl methyl sites for hydroxylation is 1. The summed E-state index contributed by atoms with van der Waals surface area (Å²) in [7, 11) is 1.66. The lowest BCUT2D eigenvalue weighted by atomic mass is 10.0. The molecule has 0 amide bonds. The van der Waals surface area contributed by atoms with Crippen LogP contribution >= 0.6 is 0 Å². The van der Waals surface area contributed by atoms with Gasteiger partial charge in [-0.15, -0.1) is 10.2 Å². The Morgan fingerprint density at radius 2 is 1.46 bits per heavy atom. The number of aromatic nitrogens is 2. The molecule has 4 rings (SSSR count). The maximum Gasteiger partial charge on any atom is 0.161 e. The van der Waals surface area contributed by atoms with Gasteiger partial charge in [0, 0.05) is 22.0 Å². The van der Waals surface area contributed by atoms with Crippen LogP contribution in [0.15, 0.2) is 72.8 Å². The summed E-state index contributed by atoms with van der Waals surface area (Å²) in [6.45, 7) is 2.08. The number of nitrogens with one attached hydrogen (secondary N) is 1. The Hall–Kier alpha value is -3.40. The normalized spacial score (nSPS) is 10.7. The molecule has 0 saturated heterocycles. The van der Waals surface area contributed by atoms with Crippen molar-refractivity contribution >= 4 is 22.3 Å². The first-order valence-electron chi connectivity index (χ1n) is 8.48. The second-order valence-electron chi connectivity index (χ2n) is 6.16. The Bertz CT molecular complexity index is 1040. The van der Waals surface area contributed by atoms with Gasteiger partial charge in [-0.2, -0.15) is 0 Å². The van der Waals surface area contributed by atoms with Gasteiger partial charge in [0.15, 0.2) is 5.82 Å². The summed E-state index contributed by atoms with van der Waals surface area (Å²) in [5.74, 6) is 1.56. The molecule has 0 unspecified atom stereocenters. The van der Waals surface area contributed by atoms with Gasteiger partial charge in [0.05, 0.1) is 7.11 Å². The molecule has 1 heterocycles. The van der Waals surface area contributed by atoms with Crippen molar-refractivity contribution < 1.29 is 4.74 Å². The zero-order chi connectivity index (χ0) is 17.9. The molecule has 0 aliphatic rings. The van der Waals surface area contributed by atoms with E-state index in [1.165, 1.54) is 5.56 Å². The molecule has 0 fully saturated rings. The molecule has 0 aliphatic heterocycles. The molecule has 4 aromatic rings. The molecular formula is C22H19N3O. The third kappa shape index (κ3) is 3.09. The number of hydrogen-bond donors (Lipinski definition) is 1. The maximum atomic E-state index is 5.21. The van der Waals surface area contributed by atoms with E-state index < -0.39 is 0 Å². The highest BCUT2D eigenvalue weighted by atomic mass is 16.5. The minimum absolute atomic E-state index is 0.738. The van der Waals surface area contributed by atoms with Gasteiger partial charge in [-0.3, -0.25) is 0 Å². The summed E-state index contributed by atoms with van der Waals surface area (Å²) in [6.07, 6.45) is 0. The number of fused-ring (bicyclic) bond motifs is 1. The monoisotopic (exact) mass is 341 g/mol. The number of nitrogens with zero attached hydrogens (tertiary/aromatic N) is 2. The zero-order valence-corrected chi connectivity index (χ0v) is 14.7. The molecule has 26 heavy (non-hydrogen) atoms. The molecule has 0 saturated carbocycles. The number of hydrogen-bond acceptors (Lipinski definition) is 4. The molecule has 0 spiro atoms. The van der Waals surface area contributed by atoms with Gasteiger partial charge in [0.2, 0.25) is 0 Å². The van der Waals surface area contributed by atoms with Crippen LogP contribution in [0.25, 0.3) is 22.0 Å². The topological polar surface area (TPSA) is 47.0 Å². The van der Waals surface area contributed by atoms with Crippen LogP contribution in [-0.4, -0.2) is 17.3 Å². The van der Waals surface area contributed by atoms with Crippen molar-refractivity contribution in [2.24, 2.45) is 0 Å². The highest BCUT2D eigenvalue weighted by Gasteiger charge is 2.11. The van der Waals surface area contributed by atoms with Crippen molar-refractivity contribution in [3.05, 3.63) is 78.4 Å². The summed E-state index contributed by atoms with van der Waals surface area (Å²) in [4.78, 5) is 0. The second-order valence-corrected chi connectivity index (χ2v) is 6.16. The van der Waals surface area contributed by atoms with Crippen molar-refractivity contribution in [1.29, 1.82) is 0 Å². The van der Waals surface area contributed by atoms with E-state index in [1.54, 1.807) is 7.11 Å². The molecule has 128 valence electrons. The van der Waals surface area contributed by atoms with E-state index >= 15 is 0 Å². The molecule has 1 aromatic heterocycles. The van der Waals surface area contributed by atoms with Gasteiger partial charge in [-0.05, 0) is 31.2 Å². The summed E-state index contributed by atoms with van der Waals surface area (Å²) in [5.41, 5.74) is 4.12. The van der Waals surface area contributed by atoms with Crippen LogP contribution in [0.5, 0.6) is 5.75 Å². The lowest BCUT2D eigenvalue weighted by molar-refractivity contribution is 0.415. The molecular weight excluding hydrogens is 322 g/mol. The SMILES string of the molecule is COc1ccc(Nc2nnc(-c3ccc(C)cc3)c3ccccc23)cc1. The van der Waals surface area contributed by atoms with Crippen molar-refractivity contribution in [2.45, 2.75) is 6.92 Å². The smallest absolute Gasteiger partial charge is 0.161 e. The van der Waals surface area contributed by atoms with Crippen LogP contribution in [0, 0.1) is 6.92 Å². The minimum Gasteiger partial charge on any atom is -0.497 e. The van der Waals surface area contributed by atoms with Crippen molar-refractivity contribution in [3.8, 4) is 17.0 Å². The van der Waals surface area contributed by atoms with E-state index in [4.69, 9.17) is 4.74 Å². The molecule has 0 atom stereocenters. The van der Waals surface area contributed by atoms with E-state index in [2.05, 4.69) is 58.8 Å². The molecule has 3 aromatic carbocycles. The number of benzene rings is 3. The van der Waals surface area contributed by atoms with E-state index in [1.807, 2.05) is 36.4 Å². The fourth-order valence-electron chi connectivity index (χ4n) is 2.93. The fourth-order valence-corrected chi connectivity index (χ4v) is 2.93. The Balaban J connectivity index is 1.77. The standard InChI is InChI=1S/C22H19N3O/c1-15-7-9-16(10-8-15)21-19-5-3-4-6-20(19)22(25-24-21)23-17-11-13-18(26-2)14-12-17/h3-14H,1-2H3,(H,23,25). The number of ether oxygens (including phenoxy) is 1. The maximum absolute atomic E-state index is 5.21. The Morgan fingerprint density at radius 3 is 2.15 bits per heavy atom. The van der Waals surface area contributed by atoms with Crippen LogP contribution < -0.4 is 10.1 Å². The minimum atomic E-state index is 0.738. The Kier molecular flexibility index (Phi) is 4.23. The van der Waals surface area contributed by atoms with Crippen LogP contribution in [0.2, 0.25) is 0 Å². The van der Waals surface area contributed by atoms with Gasteiger partial charge < -0.3 is 10.1 Å². The van der Waals surface area contributed by atoms with Crippen molar-refractivity contribution in [1.82, 2.24) is 10.2 Å². The van der Waals surface area contributed by atoms with Gasteiger partial charge in [0.1, 0.15) is 11.4 Å². The highest BCUT2D eigenvalue weighted by Crippen LogP contribution is 2.31. The van der Waals surface area contributed by atoms with Gasteiger partial charge in [-0.1, -0.05) is 54.1 Å². The number of rotatable bonds is 4. The fraction of sp³-hybridized carbons (Fsp3) is 0.0909. The van der Waals surface area contributed by atoms with E-state index in [-0.39, 0.29) is 0 Å². The average Bonchev–Trinajstić information content (AvgIpc) is 2.70. The van der Waals surface area contributed by atoms with Crippen LogP contribution in [0.4, 0.5) is 11.5 Å². The summed E-state index contributed by atoms with van der Waals surface area (Å²) in [6, 6.07) is 24.3. The van der Waals surface area contributed by atoms with E-state index in [9.17, 15) is 0 Å². The van der Waals surface area contributed by atoms with Gasteiger partial charge in [-0.25, -0.2) is 0 Å². The van der Waals surface area contributed by atoms with E-state index in [0.717, 1.165) is 39.3 Å². The predicted molar refractivity (Wildman–Crippen MR) is 106 cm³/mol. The lowest BCUT2D eigenvalue weighted by Gasteiger charge is -2.11. The van der Waals surface area contributed by atoms with Crippen LogP contribution in [0.3, 0.4) is 0 Å². The lowest BCUT2D eigenvalue weighted by Crippen LogP contribution is -1.99. The first-order valence-corrected chi connectivity index (χ1v) is 8.48. The summed E-state index contributed by atoms with van der Waals surface area (Å²) in [5, 5.41) is 14.4. The van der Waals surface area contributed by atoms with Gasteiger partial charge in [0.25, 0.3) is 0 Å². The quantitative estimate of drug-likeness (QED) is 0.543. The second kappa shape index (κ2) is 6.84. The average molecular weight is 341 g/mol. The zero-order valence-electron chi connectivity index (χ0n) is 14.7. The molecule has 0 radical (unpaired) electrons. The van der Waals surface area contributed by atoms with E-state index in [0.29, 0.717) is 0 Å². The molecule has 0 aliphatic carbocycles. The predicted octanol–water partition coefficient (Wildman–Crippen LogP) is 5.36. The third-order valence-corrected chi connectivity index (χ3v) is 4.37. The van der Waals surface area contributed by atoms with Crippen molar-refractivity contribution in [2.75, 3.05) is 12.4 Å². The van der Waals surface area contributed by atoms with Gasteiger partial charge >= 0.3 is 0 Å². The third-order valence-electron chi connectivity index (χ3n) is 4.37. The molecule has 4 heteroatoms. The largest absolute Gasteiger partial charge is 0.497 e. The van der Waals surface area contributed by atoms with Crippen LogP contribution in [-0.2, 0) is 0 Å². The Morgan fingerprint density at radius 1 is 0.769 bits per heavy atom. The summed E-state index contributed by atoms with van der Waals surface area (Å²) < 4.78 is 5.21. The highest BCUT2D eigenvalue weighted by molar-refractivity contribution is 6.00. The van der Waals surface area contributed by atoms with Crippen LogP contribution in [0.1, 0.15) is 5.56 Å². The first-order chi connectivity index (χ1) is 12.7. The molecule has 0 bridgehead atoms. The summed E-state index contributed by atoms with van der Waals surface area (Å²) >= 11 is 0.